The standard InChI is InChI=1S/C13H17NS/c15-11-5-7-12-6-1-2-8-13(12)14-9-3-4-10-14/h1-2,5-8,15H,3-4,9-11H2. The van der Waals surface area contributed by atoms with Gasteiger partial charge < -0.3 is 4.90 Å². The zero-order chi connectivity index (χ0) is 10.5. The summed E-state index contributed by atoms with van der Waals surface area (Å²) in [6.45, 7) is 2.40. The van der Waals surface area contributed by atoms with Crippen molar-refractivity contribution < 1.29 is 0 Å². The first-order chi connectivity index (χ1) is 7.42. The maximum Gasteiger partial charge on any atom is 0.0439 e. The van der Waals surface area contributed by atoms with Crippen LogP contribution in [0.2, 0.25) is 0 Å². The smallest absolute Gasteiger partial charge is 0.0439 e. The van der Waals surface area contributed by atoms with Gasteiger partial charge in [0.25, 0.3) is 0 Å². The molecule has 0 unspecified atom stereocenters. The second-order valence-corrected chi connectivity index (χ2v) is 4.20. The highest BCUT2D eigenvalue weighted by Gasteiger charge is 2.13. The molecule has 15 heavy (non-hydrogen) atoms. The van der Waals surface area contributed by atoms with Gasteiger partial charge in [0, 0.05) is 24.5 Å². The first-order valence-corrected chi connectivity index (χ1v) is 6.16. The Labute approximate surface area is 97.2 Å². The predicted molar refractivity (Wildman–Crippen MR) is 70.8 cm³/mol. The van der Waals surface area contributed by atoms with E-state index in [0.29, 0.717) is 0 Å². The number of hydrogen-bond donors (Lipinski definition) is 1. The lowest BCUT2D eigenvalue weighted by Crippen LogP contribution is -2.18. The summed E-state index contributed by atoms with van der Waals surface area (Å²) in [7, 11) is 0. The van der Waals surface area contributed by atoms with E-state index in [1.165, 1.54) is 37.2 Å². The molecule has 0 radical (unpaired) electrons. The number of para-hydroxylation sites is 1. The van der Waals surface area contributed by atoms with Gasteiger partial charge in [0.2, 0.25) is 0 Å². The Kier molecular flexibility index (Phi) is 3.73. The van der Waals surface area contributed by atoms with Gasteiger partial charge in [-0.3, -0.25) is 0 Å². The van der Waals surface area contributed by atoms with Gasteiger partial charge in [0.15, 0.2) is 0 Å². The minimum absolute atomic E-state index is 0.800. The summed E-state index contributed by atoms with van der Waals surface area (Å²) in [5.74, 6) is 0.800. The fourth-order valence-corrected chi connectivity index (χ4v) is 2.16. The van der Waals surface area contributed by atoms with Crippen molar-refractivity contribution in [2.75, 3.05) is 23.7 Å². The van der Waals surface area contributed by atoms with Crippen LogP contribution in [0.15, 0.2) is 30.3 Å². The van der Waals surface area contributed by atoms with Crippen molar-refractivity contribution in [3.05, 3.63) is 35.9 Å². The van der Waals surface area contributed by atoms with Crippen LogP contribution in [0.25, 0.3) is 6.08 Å². The predicted octanol–water partition coefficient (Wildman–Crippen LogP) is 3.23. The quantitative estimate of drug-likeness (QED) is 0.764. The summed E-state index contributed by atoms with van der Waals surface area (Å²) < 4.78 is 0. The number of benzene rings is 1. The van der Waals surface area contributed by atoms with Crippen LogP contribution in [0, 0.1) is 0 Å². The maximum absolute atomic E-state index is 4.19. The van der Waals surface area contributed by atoms with E-state index < -0.39 is 0 Å². The maximum atomic E-state index is 4.19. The van der Waals surface area contributed by atoms with Crippen molar-refractivity contribution in [1.82, 2.24) is 0 Å². The molecule has 1 fully saturated rings. The molecule has 0 bridgehead atoms. The molecule has 0 N–H and O–H groups in total. The second-order valence-electron chi connectivity index (χ2n) is 3.84. The van der Waals surface area contributed by atoms with E-state index in [1.54, 1.807) is 0 Å². The van der Waals surface area contributed by atoms with Gasteiger partial charge in [-0.1, -0.05) is 30.4 Å². The van der Waals surface area contributed by atoms with Gasteiger partial charge in [0.1, 0.15) is 0 Å². The van der Waals surface area contributed by atoms with E-state index in [9.17, 15) is 0 Å². The van der Waals surface area contributed by atoms with Crippen LogP contribution in [0.1, 0.15) is 18.4 Å². The van der Waals surface area contributed by atoms with Gasteiger partial charge in [-0.2, -0.15) is 12.6 Å². The molecule has 0 atom stereocenters. The molecule has 0 saturated carbocycles. The highest BCUT2D eigenvalue weighted by Crippen LogP contribution is 2.25. The van der Waals surface area contributed by atoms with E-state index in [2.05, 4.69) is 53.9 Å². The van der Waals surface area contributed by atoms with Crippen molar-refractivity contribution >= 4 is 24.4 Å². The molecule has 0 amide bonds. The first-order valence-electron chi connectivity index (χ1n) is 5.53. The second kappa shape index (κ2) is 5.26. The number of nitrogens with zero attached hydrogens (tertiary/aromatic N) is 1. The number of anilines is 1. The average molecular weight is 219 g/mol. The fourth-order valence-electron chi connectivity index (χ4n) is 2.05. The van der Waals surface area contributed by atoms with E-state index in [1.807, 2.05) is 0 Å². The molecule has 0 aromatic heterocycles. The molecule has 1 nitrogen and oxygen atoms in total. The molecule has 1 aliphatic rings. The summed E-state index contributed by atoms with van der Waals surface area (Å²) in [5.41, 5.74) is 2.68. The average Bonchev–Trinajstić information content (AvgIpc) is 2.80. The minimum Gasteiger partial charge on any atom is -0.371 e. The first kappa shape index (κ1) is 10.6. The Hall–Kier alpha value is -0.890. The van der Waals surface area contributed by atoms with Gasteiger partial charge in [-0.25, -0.2) is 0 Å². The summed E-state index contributed by atoms with van der Waals surface area (Å²) in [5, 5.41) is 0. The third-order valence-electron chi connectivity index (χ3n) is 2.79. The number of hydrogen-bond acceptors (Lipinski definition) is 2. The lowest BCUT2D eigenvalue weighted by atomic mass is 10.1. The Morgan fingerprint density at radius 2 is 1.93 bits per heavy atom. The monoisotopic (exact) mass is 219 g/mol. The SMILES string of the molecule is SCC=Cc1ccccc1N1CCCC1. The molecule has 1 heterocycles. The van der Waals surface area contributed by atoms with Crippen molar-refractivity contribution in [2.45, 2.75) is 12.8 Å². The molecule has 2 rings (SSSR count). The number of rotatable bonds is 3. The van der Waals surface area contributed by atoms with Gasteiger partial charge in [0.05, 0.1) is 0 Å². The van der Waals surface area contributed by atoms with E-state index in [0.717, 1.165) is 5.75 Å². The molecule has 1 aromatic carbocycles. The van der Waals surface area contributed by atoms with Crippen LogP contribution in [-0.2, 0) is 0 Å². The van der Waals surface area contributed by atoms with Crippen LogP contribution in [0.5, 0.6) is 0 Å². The van der Waals surface area contributed by atoms with E-state index in [4.69, 9.17) is 0 Å². The van der Waals surface area contributed by atoms with Crippen molar-refractivity contribution in [3.8, 4) is 0 Å². The van der Waals surface area contributed by atoms with Gasteiger partial charge >= 0.3 is 0 Å². The molecule has 0 aliphatic carbocycles. The molecular formula is C13H17NS. The molecular weight excluding hydrogens is 202 g/mol. The third kappa shape index (κ3) is 2.57. The molecule has 2 heteroatoms. The largest absolute Gasteiger partial charge is 0.371 e. The zero-order valence-electron chi connectivity index (χ0n) is 8.89. The van der Waals surface area contributed by atoms with Crippen LogP contribution in [0.3, 0.4) is 0 Å². The van der Waals surface area contributed by atoms with Crippen LogP contribution < -0.4 is 4.90 Å². The lowest BCUT2D eigenvalue weighted by molar-refractivity contribution is 0.949. The Morgan fingerprint density at radius 1 is 1.20 bits per heavy atom. The molecule has 1 aliphatic heterocycles. The minimum atomic E-state index is 0.800. The Balaban J connectivity index is 2.24. The zero-order valence-corrected chi connectivity index (χ0v) is 9.79. The third-order valence-corrected chi connectivity index (χ3v) is 3.00. The highest BCUT2D eigenvalue weighted by molar-refractivity contribution is 7.80. The van der Waals surface area contributed by atoms with Crippen LogP contribution in [-0.4, -0.2) is 18.8 Å². The Bertz CT molecular complexity index is 340. The lowest BCUT2D eigenvalue weighted by Gasteiger charge is -2.19. The molecule has 1 aromatic rings. The van der Waals surface area contributed by atoms with Crippen molar-refractivity contribution in [3.63, 3.8) is 0 Å². The van der Waals surface area contributed by atoms with Crippen LogP contribution >= 0.6 is 12.6 Å². The van der Waals surface area contributed by atoms with Gasteiger partial charge in [-0.05, 0) is 24.5 Å². The fraction of sp³-hybridized carbons (Fsp3) is 0.385. The molecule has 1 saturated heterocycles. The topological polar surface area (TPSA) is 3.24 Å². The van der Waals surface area contributed by atoms with E-state index in [-0.39, 0.29) is 0 Å². The highest BCUT2D eigenvalue weighted by atomic mass is 32.1. The molecule has 0 spiro atoms. The van der Waals surface area contributed by atoms with Gasteiger partial charge in [-0.15, -0.1) is 0 Å². The molecule has 80 valence electrons. The normalized spacial score (nSPS) is 16.5. The summed E-state index contributed by atoms with van der Waals surface area (Å²) >= 11 is 4.19. The van der Waals surface area contributed by atoms with Crippen molar-refractivity contribution in [2.24, 2.45) is 0 Å². The summed E-state index contributed by atoms with van der Waals surface area (Å²) in [6, 6.07) is 8.60. The summed E-state index contributed by atoms with van der Waals surface area (Å²) in [4.78, 5) is 2.47. The van der Waals surface area contributed by atoms with Crippen LogP contribution in [0.4, 0.5) is 5.69 Å². The number of thiol groups is 1. The van der Waals surface area contributed by atoms with E-state index >= 15 is 0 Å². The van der Waals surface area contributed by atoms with Crippen molar-refractivity contribution in [1.29, 1.82) is 0 Å². The Morgan fingerprint density at radius 3 is 2.67 bits per heavy atom. The summed E-state index contributed by atoms with van der Waals surface area (Å²) in [6.07, 6.45) is 6.91.